The number of carbonyl (C=O) groups excluding carboxylic acids is 2. The molecule has 0 unspecified atom stereocenters. The Balaban J connectivity index is 1.56. The van der Waals surface area contributed by atoms with Crippen LogP contribution in [0.25, 0.3) is 0 Å². The molecule has 120 valence electrons. The van der Waals surface area contributed by atoms with Gasteiger partial charge in [0.15, 0.2) is 0 Å². The molecule has 0 spiro atoms. The fourth-order valence-corrected chi connectivity index (χ4v) is 2.54. The second-order valence-corrected chi connectivity index (χ2v) is 6.07. The fraction of sp³-hybridized carbons (Fsp3) is 0.143. The van der Waals surface area contributed by atoms with Gasteiger partial charge < -0.3 is 4.74 Å². The summed E-state index contributed by atoms with van der Waals surface area (Å²) in [4.78, 5) is 24.7. The van der Waals surface area contributed by atoms with Gasteiger partial charge in [0, 0.05) is 9.75 Å². The van der Waals surface area contributed by atoms with Gasteiger partial charge in [-0.3, -0.25) is 9.59 Å². The van der Waals surface area contributed by atoms with E-state index in [9.17, 15) is 9.59 Å². The lowest BCUT2D eigenvalue weighted by molar-refractivity contribution is -0.130. The van der Waals surface area contributed by atoms with Crippen molar-refractivity contribution in [2.24, 2.45) is 10.2 Å². The van der Waals surface area contributed by atoms with Crippen molar-refractivity contribution < 1.29 is 14.3 Å². The van der Waals surface area contributed by atoms with Gasteiger partial charge in [-0.15, -0.1) is 22.7 Å². The highest BCUT2D eigenvalue weighted by molar-refractivity contribution is 7.12. The molecule has 0 aromatic carbocycles. The predicted molar refractivity (Wildman–Crippen MR) is 90.9 cm³/mol. The summed E-state index contributed by atoms with van der Waals surface area (Å²) >= 11 is 3.01. The van der Waals surface area contributed by atoms with Crippen LogP contribution in [0.1, 0.15) is 9.75 Å². The summed E-state index contributed by atoms with van der Waals surface area (Å²) < 4.78 is 4.97. The van der Waals surface area contributed by atoms with Gasteiger partial charge >= 0.3 is 0 Å². The molecule has 2 amide bonds. The van der Waals surface area contributed by atoms with Crippen LogP contribution in [-0.2, 0) is 14.3 Å². The van der Waals surface area contributed by atoms with Crippen LogP contribution in [0.2, 0.25) is 0 Å². The Morgan fingerprint density at radius 1 is 0.957 bits per heavy atom. The molecule has 0 aliphatic heterocycles. The summed E-state index contributed by atoms with van der Waals surface area (Å²) in [6.07, 6.45) is 3.07. The average Bonchev–Trinajstić information content (AvgIpc) is 3.20. The lowest BCUT2D eigenvalue weighted by atomic mass is 10.5. The maximum absolute atomic E-state index is 11.4. The molecule has 0 aliphatic rings. The van der Waals surface area contributed by atoms with E-state index in [1.54, 1.807) is 0 Å². The van der Waals surface area contributed by atoms with E-state index in [0.717, 1.165) is 9.75 Å². The molecular formula is C14H14N4O3S2. The quantitative estimate of drug-likeness (QED) is 0.557. The van der Waals surface area contributed by atoms with E-state index < -0.39 is 11.8 Å². The first-order valence-electron chi connectivity index (χ1n) is 6.52. The number of nitrogens with one attached hydrogen (secondary N) is 2. The number of rotatable bonds is 8. The zero-order valence-electron chi connectivity index (χ0n) is 12.0. The molecule has 2 aromatic heterocycles. The van der Waals surface area contributed by atoms with E-state index in [1.165, 1.54) is 35.1 Å². The van der Waals surface area contributed by atoms with Crippen LogP contribution in [0.4, 0.5) is 0 Å². The molecule has 2 aromatic rings. The normalized spacial score (nSPS) is 11.1. The van der Waals surface area contributed by atoms with Crippen molar-refractivity contribution >= 4 is 46.9 Å². The zero-order valence-corrected chi connectivity index (χ0v) is 13.6. The van der Waals surface area contributed by atoms with Crippen LogP contribution in [0.3, 0.4) is 0 Å². The minimum Gasteiger partial charge on any atom is -0.362 e. The predicted octanol–water partition coefficient (Wildman–Crippen LogP) is 1.43. The van der Waals surface area contributed by atoms with E-state index >= 15 is 0 Å². The molecule has 23 heavy (non-hydrogen) atoms. The van der Waals surface area contributed by atoms with Gasteiger partial charge in [0.1, 0.15) is 13.2 Å². The van der Waals surface area contributed by atoms with E-state index in [-0.39, 0.29) is 13.2 Å². The lowest BCUT2D eigenvalue weighted by Gasteiger charge is -2.01. The molecule has 0 bridgehead atoms. The van der Waals surface area contributed by atoms with Crippen LogP contribution in [0.15, 0.2) is 45.2 Å². The van der Waals surface area contributed by atoms with Crippen molar-refractivity contribution in [3.05, 3.63) is 44.8 Å². The number of ether oxygens (including phenoxy) is 1. The molecule has 0 atom stereocenters. The van der Waals surface area contributed by atoms with Crippen molar-refractivity contribution in [2.75, 3.05) is 13.2 Å². The first-order valence-corrected chi connectivity index (χ1v) is 8.28. The van der Waals surface area contributed by atoms with Gasteiger partial charge in [-0.25, -0.2) is 10.9 Å². The molecule has 7 nitrogen and oxygen atoms in total. The molecular weight excluding hydrogens is 336 g/mol. The summed E-state index contributed by atoms with van der Waals surface area (Å²) in [7, 11) is 0. The molecule has 2 rings (SSSR count). The molecule has 0 saturated carbocycles. The van der Waals surface area contributed by atoms with E-state index in [2.05, 4.69) is 21.1 Å². The van der Waals surface area contributed by atoms with Crippen LogP contribution >= 0.6 is 22.7 Å². The van der Waals surface area contributed by atoms with Gasteiger partial charge in [-0.2, -0.15) is 10.2 Å². The summed E-state index contributed by atoms with van der Waals surface area (Å²) in [6.45, 7) is -0.520. The van der Waals surface area contributed by atoms with Crippen molar-refractivity contribution in [3.63, 3.8) is 0 Å². The second kappa shape index (κ2) is 9.62. The summed E-state index contributed by atoms with van der Waals surface area (Å²) in [5, 5.41) is 11.4. The Labute approximate surface area is 140 Å². The maximum Gasteiger partial charge on any atom is 0.266 e. The monoisotopic (exact) mass is 350 g/mol. The Morgan fingerprint density at radius 3 is 1.83 bits per heavy atom. The maximum atomic E-state index is 11.4. The van der Waals surface area contributed by atoms with Crippen molar-refractivity contribution in [2.45, 2.75) is 0 Å². The SMILES string of the molecule is O=C(COCC(=O)N/N=C/c1cccs1)N/N=C\c1cccs1. The first kappa shape index (κ1) is 17.0. The second-order valence-electron chi connectivity index (χ2n) is 4.11. The molecule has 2 heterocycles. The van der Waals surface area contributed by atoms with Crippen LogP contribution in [0.5, 0.6) is 0 Å². The average molecular weight is 350 g/mol. The third-order valence-corrected chi connectivity index (χ3v) is 3.93. The van der Waals surface area contributed by atoms with E-state index in [1.807, 2.05) is 35.0 Å². The molecule has 2 N–H and O–H groups in total. The zero-order chi connectivity index (χ0) is 16.3. The van der Waals surface area contributed by atoms with Gasteiger partial charge in [-0.05, 0) is 22.9 Å². The standard InChI is InChI=1S/C14H14N4O3S2/c19-13(17-15-7-11-3-1-5-22-11)9-21-10-14(20)18-16-8-12-4-2-6-23-12/h1-8H,9-10H2,(H,17,19)(H,18,20)/b15-7-,16-8+. The van der Waals surface area contributed by atoms with Crippen LogP contribution in [0, 0.1) is 0 Å². The number of hydrazone groups is 2. The van der Waals surface area contributed by atoms with Gasteiger partial charge in [-0.1, -0.05) is 12.1 Å². The number of carbonyl (C=O) groups is 2. The molecule has 9 heteroatoms. The Bertz CT molecular complexity index is 608. The van der Waals surface area contributed by atoms with Crippen LogP contribution < -0.4 is 10.9 Å². The highest BCUT2D eigenvalue weighted by atomic mass is 32.1. The molecule has 0 aliphatic carbocycles. The molecule has 0 radical (unpaired) electrons. The van der Waals surface area contributed by atoms with Crippen molar-refractivity contribution in [1.82, 2.24) is 10.9 Å². The van der Waals surface area contributed by atoms with Gasteiger partial charge in [0.25, 0.3) is 11.8 Å². The Morgan fingerprint density at radius 2 is 1.43 bits per heavy atom. The Kier molecular flexibility index (Phi) is 7.11. The van der Waals surface area contributed by atoms with Crippen molar-refractivity contribution in [1.29, 1.82) is 0 Å². The third kappa shape index (κ3) is 6.96. The number of nitrogens with zero attached hydrogens (tertiary/aromatic N) is 2. The van der Waals surface area contributed by atoms with E-state index in [0.29, 0.717) is 0 Å². The van der Waals surface area contributed by atoms with Crippen LogP contribution in [-0.4, -0.2) is 37.5 Å². The number of hydrogen-bond acceptors (Lipinski definition) is 7. The van der Waals surface area contributed by atoms with Gasteiger partial charge in [0.05, 0.1) is 12.4 Å². The highest BCUT2D eigenvalue weighted by Gasteiger charge is 2.03. The largest absolute Gasteiger partial charge is 0.362 e. The van der Waals surface area contributed by atoms with Crippen molar-refractivity contribution in [3.8, 4) is 0 Å². The van der Waals surface area contributed by atoms with Gasteiger partial charge in [0.2, 0.25) is 0 Å². The molecule has 0 fully saturated rings. The third-order valence-electron chi connectivity index (χ3n) is 2.31. The number of thiophene rings is 2. The summed E-state index contributed by atoms with van der Waals surface area (Å²) in [6, 6.07) is 7.52. The highest BCUT2D eigenvalue weighted by Crippen LogP contribution is 2.04. The first-order chi connectivity index (χ1) is 11.2. The minimum atomic E-state index is -0.437. The molecule has 0 saturated heterocycles. The topological polar surface area (TPSA) is 92.2 Å². The lowest BCUT2D eigenvalue weighted by Crippen LogP contribution is -2.28. The smallest absolute Gasteiger partial charge is 0.266 e. The Hall–Kier alpha value is -2.36. The number of hydrogen-bond donors (Lipinski definition) is 2. The fourth-order valence-electron chi connectivity index (χ4n) is 1.37. The minimum absolute atomic E-state index is 0.260. The summed E-state index contributed by atoms with van der Waals surface area (Å²) in [5.74, 6) is -0.875. The number of amides is 2. The van der Waals surface area contributed by atoms with E-state index in [4.69, 9.17) is 4.74 Å². The summed E-state index contributed by atoms with van der Waals surface area (Å²) in [5.41, 5.74) is 4.62.